The molecule has 76 valence electrons. The Bertz CT molecular complexity index is 325. The molecule has 14 heavy (non-hydrogen) atoms. The number of halogens is 1. The minimum absolute atomic E-state index is 0.604. The van der Waals surface area contributed by atoms with Crippen LogP contribution in [0.25, 0.3) is 0 Å². The van der Waals surface area contributed by atoms with Crippen molar-refractivity contribution in [2.75, 3.05) is 0 Å². The second-order valence-electron chi connectivity index (χ2n) is 3.34. The molecule has 0 saturated carbocycles. The number of carbonyl (C=O) groups is 1. The first-order valence-electron chi connectivity index (χ1n) is 4.50. The summed E-state index contributed by atoms with van der Waals surface area (Å²) in [5.74, 6) is 0.619. The molecule has 1 unspecified atom stereocenters. The molecule has 0 aliphatic heterocycles. The number of ether oxygens (including phenoxy) is 1. The predicted molar refractivity (Wildman–Crippen MR) is 56.8 cm³/mol. The van der Waals surface area contributed by atoms with Gasteiger partial charge in [-0.05, 0) is 31.5 Å². The zero-order valence-corrected chi connectivity index (χ0v) is 9.04. The van der Waals surface area contributed by atoms with Gasteiger partial charge in [0.2, 0.25) is 0 Å². The van der Waals surface area contributed by atoms with E-state index in [1.807, 2.05) is 6.92 Å². The Balaban J connectivity index is 2.82. The second kappa shape index (κ2) is 4.47. The van der Waals surface area contributed by atoms with Crippen molar-refractivity contribution in [2.45, 2.75) is 25.9 Å². The highest BCUT2D eigenvalue weighted by atomic mass is 35.5. The molecule has 0 aliphatic carbocycles. The molecule has 0 amide bonds. The lowest BCUT2D eigenvalue weighted by Crippen LogP contribution is -2.33. The molecular weight excluding hydrogens is 200 g/mol. The quantitative estimate of drug-likeness (QED) is 0.717. The monoisotopic (exact) mass is 212 g/mol. The van der Waals surface area contributed by atoms with Crippen LogP contribution < -0.4 is 4.74 Å². The van der Waals surface area contributed by atoms with Crippen LogP contribution >= 0.6 is 11.6 Å². The Labute approximate surface area is 88.8 Å². The Kier molecular flexibility index (Phi) is 3.53. The molecule has 1 rings (SSSR count). The van der Waals surface area contributed by atoms with Crippen LogP contribution in [0.15, 0.2) is 24.3 Å². The molecule has 2 nitrogen and oxygen atoms in total. The molecule has 0 fully saturated rings. The first-order chi connectivity index (χ1) is 6.59. The minimum atomic E-state index is -0.759. The van der Waals surface area contributed by atoms with E-state index in [-0.39, 0.29) is 0 Å². The van der Waals surface area contributed by atoms with Gasteiger partial charge < -0.3 is 4.74 Å². The van der Waals surface area contributed by atoms with E-state index in [9.17, 15) is 4.79 Å². The Hall–Kier alpha value is -1.02. The maximum absolute atomic E-state index is 10.8. The summed E-state index contributed by atoms with van der Waals surface area (Å²) in [7, 11) is 0. The fraction of sp³-hybridized carbons (Fsp3) is 0.364. The summed E-state index contributed by atoms with van der Waals surface area (Å²) in [6.45, 7) is 3.65. The van der Waals surface area contributed by atoms with Crippen molar-refractivity contribution in [2.24, 2.45) is 0 Å². The molecule has 3 heteroatoms. The number of hydrogen-bond donors (Lipinski definition) is 0. The summed E-state index contributed by atoms with van der Waals surface area (Å²) in [6, 6.07) is 7.03. The van der Waals surface area contributed by atoms with Crippen LogP contribution in [0.3, 0.4) is 0 Å². The van der Waals surface area contributed by atoms with Crippen LogP contribution in [-0.2, 0) is 4.79 Å². The number of aldehydes is 1. The fourth-order valence-electron chi connectivity index (χ4n) is 0.979. The zero-order chi connectivity index (χ0) is 10.6. The Morgan fingerprint density at radius 3 is 2.79 bits per heavy atom. The Morgan fingerprint density at radius 1 is 1.57 bits per heavy atom. The van der Waals surface area contributed by atoms with Crippen molar-refractivity contribution in [3.8, 4) is 5.75 Å². The van der Waals surface area contributed by atoms with Gasteiger partial charge in [-0.25, -0.2) is 0 Å². The molecule has 0 spiro atoms. The first-order valence-corrected chi connectivity index (χ1v) is 4.88. The molecule has 1 atom stereocenters. The summed E-state index contributed by atoms with van der Waals surface area (Å²) in [5.41, 5.74) is -0.759. The van der Waals surface area contributed by atoms with Crippen molar-refractivity contribution < 1.29 is 9.53 Å². The number of hydrogen-bond acceptors (Lipinski definition) is 2. The Morgan fingerprint density at radius 2 is 2.29 bits per heavy atom. The predicted octanol–water partition coefficient (Wildman–Crippen LogP) is 3.09. The first kappa shape index (κ1) is 11.1. The van der Waals surface area contributed by atoms with Crippen molar-refractivity contribution in [1.29, 1.82) is 0 Å². The molecule has 0 aliphatic rings. The lowest BCUT2D eigenvalue weighted by Gasteiger charge is -2.23. The van der Waals surface area contributed by atoms with E-state index >= 15 is 0 Å². The van der Waals surface area contributed by atoms with Crippen LogP contribution in [0, 0.1) is 0 Å². The van der Waals surface area contributed by atoms with Crippen molar-refractivity contribution in [3.63, 3.8) is 0 Å². The van der Waals surface area contributed by atoms with Gasteiger partial charge in [0.15, 0.2) is 11.9 Å². The van der Waals surface area contributed by atoms with Gasteiger partial charge in [-0.1, -0.05) is 24.6 Å². The zero-order valence-electron chi connectivity index (χ0n) is 8.29. The van der Waals surface area contributed by atoms with Crippen molar-refractivity contribution in [1.82, 2.24) is 0 Å². The van der Waals surface area contributed by atoms with E-state index in [0.29, 0.717) is 17.2 Å². The summed E-state index contributed by atoms with van der Waals surface area (Å²) in [5, 5.41) is 0.604. The van der Waals surface area contributed by atoms with E-state index in [1.165, 1.54) is 0 Å². The van der Waals surface area contributed by atoms with Crippen molar-refractivity contribution >= 4 is 17.9 Å². The lowest BCUT2D eigenvalue weighted by molar-refractivity contribution is -0.120. The van der Waals surface area contributed by atoms with Gasteiger partial charge in [0.25, 0.3) is 0 Å². The third-order valence-corrected chi connectivity index (χ3v) is 2.33. The van der Waals surface area contributed by atoms with Gasteiger partial charge >= 0.3 is 0 Å². The average molecular weight is 213 g/mol. The summed E-state index contributed by atoms with van der Waals surface area (Å²) >= 11 is 5.79. The lowest BCUT2D eigenvalue weighted by atomic mass is 10.1. The highest BCUT2D eigenvalue weighted by molar-refractivity contribution is 6.30. The van der Waals surface area contributed by atoms with Gasteiger partial charge in [-0.2, -0.15) is 0 Å². The average Bonchev–Trinajstić information content (AvgIpc) is 2.18. The fourth-order valence-corrected chi connectivity index (χ4v) is 1.16. The van der Waals surface area contributed by atoms with Crippen LogP contribution in [0.1, 0.15) is 20.3 Å². The molecule has 0 saturated heterocycles. The summed E-state index contributed by atoms with van der Waals surface area (Å²) < 4.78 is 5.53. The highest BCUT2D eigenvalue weighted by Crippen LogP contribution is 2.22. The maximum Gasteiger partial charge on any atom is 0.163 e. The van der Waals surface area contributed by atoms with Crippen LogP contribution in [0.4, 0.5) is 0 Å². The summed E-state index contributed by atoms with van der Waals surface area (Å²) in [6.07, 6.45) is 1.44. The van der Waals surface area contributed by atoms with Crippen molar-refractivity contribution in [3.05, 3.63) is 29.3 Å². The molecule has 0 N–H and O–H groups in total. The van der Waals surface area contributed by atoms with Gasteiger partial charge in [0, 0.05) is 5.02 Å². The molecule has 1 aromatic rings. The smallest absolute Gasteiger partial charge is 0.163 e. The number of carbonyl (C=O) groups excluding carboxylic acids is 1. The van der Waals surface area contributed by atoms with E-state index in [2.05, 4.69) is 0 Å². The van der Waals surface area contributed by atoms with E-state index in [4.69, 9.17) is 16.3 Å². The van der Waals surface area contributed by atoms with Crippen LogP contribution in [0.5, 0.6) is 5.75 Å². The molecule has 0 aromatic heterocycles. The molecule has 0 bridgehead atoms. The van der Waals surface area contributed by atoms with E-state index in [1.54, 1.807) is 31.2 Å². The van der Waals surface area contributed by atoms with Gasteiger partial charge in [-0.3, -0.25) is 4.79 Å². The van der Waals surface area contributed by atoms with Crippen LogP contribution in [-0.4, -0.2) is 11.9 Å². The second-order valence-corrected chi connectivity index (χ2v) is 3.78. The third-order valence-electron chi connectivity index (χ3n) is 2.10. The normalized spacial score (nSPS) is 14.5. The van der Waals surface area contributed by atoms with Crippen LogP contribution in [0.2, 0.25) is 5.02 Å². The summed E-state index contributed by atoms with van der Waals surface area (Å²) in [4.78, 5) is 10.8. The standard InChI is InChI=1S/C11H13ClO2/c1-3-11(2,8-13)14-10-6-4-5-9(12)7-10/h4-8H,3H2,1-2H3. The SMILES string of the molecule is CCC(C)(C=O)Oc1cccc(Cl)c1. The molecular formula is C11H13ClO2. The largest absolute Gasteiger partial charge is 0.480 e. The highest BCUT2D eigenvalue weighted by Gasteiger charge is 2.22. The van der Waals surface area contributed by atoms with E-state index in [0.717, 1.165) is 6.29 Å². The number of benzene rings is 1. The maximum atomic E-state index is 10.8. The minimum Gasteiger partial charge on any atom is -0.480 e. The molecule has 0 heterocycles. The third kappa shape index (κ3) is 2.74. The molecule has 0 radical (unpaired) electrons. The van der Waals surface area contributed by atoms with Gasteiger partial charge in [0.1, 0.15) is 5.75 Å². The number of rotatable bonds is 4. The topological polar surface area (TPSA) is 26.3 Å². The van der Waals surface area contributed by atoms with Gasteiger partial charge in [-0.15, -0.1) is 0 Å². The van der Waals surface area contributed by atoms with E-state index < -0.39 is 5.60 Å². The molecule has 1 aromatic carbocycles. The van der Waals surface area contributed by atoms with Gasteiger partial charge in [0.05, 0.1) is 0 Å².